The number of rotatable bonds is 0. The molecule has 0 spiro atoms. The minimum atomic E-state index is 0.0480. The number of hydrogen-bond acceptors (Lipinski definition) is 0. The first kappa shape index (κ1) is 16.1. The van der Waals surface area contributed by atoms with Crippen LogP contribution in [0.3, 0.4) is 0 Å². The summed E-state index contributed by atoms with van der Waals surface area (Å²) < 4.78 is 3.59. The average molecular weight is 549 g/mol. The Kier molecular flexibility index (Phi) is 3.37. The molecule has 0 fully saturated rings. The maximum Gasteiger partial charge on any atom is 0.0646 e. The highest BCUT2D eigenvalue weighted by atomic mass is 127. The van der Waals surface area contributed by atoms with Crippen LogP contribution >= 0.6 is 45.5 Å². The van der Waals surface area contributed by atoms with Gasteiger partial charge >= 0.3 is 0 Å². The Morgan fingerprint density at radius 2 is 1.52 bits per heavy atom. The van der Waals surface area contributed by atoms with Gasteiger partial charge in [-0.2, -0.15) is 0 Å². The van der Waals surface area contributed by atoms with Crippen LogP contribution in [-0.2, 0) is 5.41 Å². The minimum Gasteiger partial charge on any atom is -0.282 e. The third-order valence-corrected chi connectivity index (χ3v) is 7.33. The van der Waals surface area contributed by atoms with E-state index in [1.165, 1.54) is 53.2 Å². The van der Waals surface area contributed by atoms with Crippen LogP contribution in [0.5, 0.6) is 0 Å². The number of aromatic nitrogens is 1. The molecular weight excluding hydrogens is 532 g/mol. The number of halogens is 2. The first-order valence-electron chi connectivity index (χ1n) is 8.44. The van der Waals surface area contributed by atoms with E-state index in [1.807, 2.05) is 0 Å². The Bertz CT molecular complexity index is 1200. The number of fused-ring (bicyclic) bond motifs is 6. The molecule has 0 radical (unpaired) electrons. The van der Waals surface area contributed by atoms with Gasteiger partial charge in [0, 0.05) is 19.8 Å². The van der Waals surface area contributed by atoms with Crippen LogP contribution in [-0.4, -0.2) is 2.78 Å². The molecule has 25 heavy (non-hydrogen) atoms. The summed E-state index contributed by atoms with van der Waals surface area (Å²) >= 11 is 4.84. The largest absolute Gasteiger partial charge is 0.282 e. The molecule has 3 aromatic carbocycles. The van der Waals surface area contributed by atoms with Crippen LogP contribution in [0.15, 0.2) is 48.5 Å². The van der Waals surface area contributed by atoms with Crippen molar-refractivity contribution < 1.29 is 0 Å². The molecule has 0 atom stereocenters. The van der Waals surface area contributed by atoms with E-state index < -0.39 is 0 Å². The predicted molar refractivity (Wildman–Crippen MR) is 124 cm³/mol. The predicted octanol–water partition coefficient (Wildman–Crippen LogP) is 7.21. The van der Waals surface area contributed by atoms with E-state index in [-0.39, 0.29) is 5.41 Å². The van der Waals surface area contributed by atoms with Gasteiger partial charge in [0.1, 0.15) is 0 Å². The lowest BCUT2D eigenvalue weighted by Crippen LogP contribution is -2.15. The maximum absolute atomic E-state index is 2.44. The Morgan fingerprint density at radius 3 is 2.32 bits per heavy atom. The first-order valence-corrected chi connectivity index (χ1v) is 10.5. The lowest BCUT2D eigenvalue weighted by atomic mass is 9.82. The van der Waals surface area contributed by atoms with E-state index in [0.717, 1.165) is 0 Å². The summed E-state index contributed by atoms with van der Waals surface area (Å²) in [6, 6.07) is 18.5. The molecule has 0 saturated heterocycles. The van der Waals surface area contributed by atoms with E-state index in [1.54, 1.807) is 0 Å². The molecule has 1 nitrogen and oxygen atoms in total. The molecule has 124 valence electrons. The lowest BCUT2D eigenvalue weighted by Gasteiger charge is -2.21. The van der Waals surface area contributed by atoms with Crippen molar-refractivity contribution in [3.63, 3.8) is 0 Å². The number of nitrogens with zero attached hydrogens (tertiary/aromatic N) is 1. The summed E-state index contributed by atoms with van der Waals surface area (Å²) in [5.74, 6) is 0. The smallest absolute Gasteiger partial charge is 0.0646 e. The van der Waals surface area contributed by atoms with Crippen molar-refractivity contribution in [3.05, 3.63) is 68.8 Å². The fourth-order valence-electron chi connectivity index (χ4n) is 4.29. The van der Waals surface area contributed by atoms with Crippen LogP contribution in [0.4, 0.5) is 0 Å². The molecule has 1 heterocycles. The Labute approximate surface area is 175 Å². The highest BCUT2D eigenvalue weighted by molar-refractivity contribution is 14.1. The van der Waals surface area contributed by atoms with Crippen molar-refractivity contribution >= 4 is 67.3 Å². The van der Waals surface area contributed by atoms with E-state index in [2.05, 4.69) is 118 Å². The summed E-state index contributed by atoms with van der Waals surface area (Å²) in [4.78, 5) is 0. The van der Waals surface area contributed by atoms with Crippen molar-refractivity contribution in [1.82, 2.24) is 2.78 Å². The van der Waals surface area contributed by atoms with Gasteiger partial charge in [-0.3, -0.25) is 2.78 Å². The van der Waals surface area contributed by atoms with Gasteiger partial charge in [-0.25, -0.2) is 0 Å². The molecule has 0 amide bonds. The normalized spacial score (nSPS) is 14.9. The molecule has 3 heteroatoms. The van der Waals surface area contributed by atoms with Crippen LogP contribution < -0.4 is 0 Å². The second-order valence-corrected chi connectivity index (χ2v) is 9.74. The van der Waals surface area contributed by atoms with Crippen molar-refractivity contribution in [1.29, 1.82) is 0 Å². The van der Waals surface area contributed by atoms with E-state index in [9.17, 15) is 0 Å². The van der Waals surface area contributed by atoms with Crippen LogP contribution in [0.25, 0.3) is 32.9 Å². The summed E-state index contributed by atoms with van der Waals surface area (Å²) in [7, 11) is 0. The zero-order valence-electron chi connectivity index (χ0n) is 14.3. The maximum atomic E-state index is 2.44. The van der Waals surface area contributed by atoms with Gasteiger partial charge in [0.2, 0.25) is 0 Å². The summed E-state index contributed by atoms with van der Waals surface area (Å²) in [5.41, 5.74) is 9.68. The van der Waals surface area contributed by atoms with Gasteiger partial charge in [0.25, 0.3) is 0 Å². The zero-order chi connectivity index (χ0) is 17.5. The van der Waals surface area contributed by atoms with Gasteiger partial charge in [0.05, 0.1) is 33.9 Å². The van der Waals surface area contributed by atoms with E-state index >= 15 is 0 Å². The highest BCUT2D eigenvalue weighted by Gasteiger charge is 2.36. The highest BCUT2D eigenvalue weighted by Crippen LogP contribution is 2.51. The molecule has 5 rings (SSSR count). The molecule has 0 saturated carbocycles. The number of hydrogen-bond donors (Lipinski definition) is 0. The fraction of sp³-hybridized carbons (Fsp3) is 0.182. The monoisotopic (exact) mass is 549 g/mol. The van der Waals surface area contributed by atoms with Crippen LogP contribution in [0, 0.1) is 10.5 Å². The lowest BCUT2D eigenvalue weighted by molar-refractivity contribution is 0.660. The Morgan fingerprint density at radius 1 is 0.800 bits per heavy atom. The van der Waals surface area contributed by atoms with E-state index in [4.69, 9.17) is 0 Å². The van der Waals surface area contributed by atoms with E-state index in [0.29, 0.717) is 0 Å². The summed E-state index contributed by atoms with van der Waals surface area (Å²) in [5, 5.41) is 2.70. The quantitative estimate of drug-likeness (QED) is 0.205. The topological polar surface area (TPSA) is 4.93 Å². The molecule has 0 unspecified atom stereocenters. The standard InChI is InChI=1S/C22H17I2N/c1-12-4-6-14-15-10-17-16-9-13(23)5-7-20(16)25(24)21(17)11-19(15)22(2,3)18(14)8-12/h4-11H,1-3H3. The second kappa shape index (κ2) is 5.22. The van der Waals surface area contributed by atoms with Crippen molar-refractivity contribution in [2.75, 3.05) is 0 Å². The number of benzene rings is 3. The molecule has 0 bridgehead atoms. The van der Waals surface area contributed by atoms with Gasteiger partial charge in [-0.15, -0.1) is 0 Å². The number of aryl methyl sites for hydroxylation is 1. The van der Waals surface area contributed by atoms with Gasteiger partial charge in [0.15, 0.2) is 0 Å². The molecule has 4 aromatic rings. The summed E-state index contributed by atoms with van der Waals surface area (Å²) in [6.07, 6.45) is 0. The van der Waals surface area contributed by atoms with Crippen LogP contribution in [0.1, 0.15) is 30.5 Å². The molecule has 0 N–H and O–H groups in total. The fourth-order valence-corrected chi connectivity index (χ4v) is 5.60. The second-order valence-electron chi connectivity index (χ2n) is 7.53. The molecule has 1 aliphatic rings. The van der Waals surface area contributed by atoms with Crippen LogP contribution in [0.2, 0.25) is 0 Å². The summed E-state index contributed by atoms with van der Waals surface area (Å²) in [6.45, 7) is 6.89. The van der Waals surface area contributed by atoms with Gasteiger partial charge in [-0.05, 0) is 82.1 Å². The Hall–Kier alpha value is -1.08. The molecule has 1 aromatic heterocycles. The molecule has 1 aliphatic carbocycles. The van der Waals surface area contributed by atoms with Gasteiger partial charge in [-0.1, -0.05) is 37.6 Å². The molecule has 0 aliphatic heterocycles. The van der Waals surface area contributed by atoms with Crippen molar-refractivity contribution in [2.45, 2.75) is 26.2 Å². The molecular formula is C22H17I2N. The SMILES string of the molecule is Cc1ccc2c(c1)C(C)(C)c1cc3c(cc1-2)c1cc(I)ccc1n3I. The minimum absolute atomic E-state index is 0.0480. The zero-order valence-corrected chi connectivity index (χ0v) is 18.6. The van der Waals surface area contributed by atoms with Gasteiger partial charge < -0.3 is 0 Å². The Balaban J connectivity index is 1.95. The first-order chi connectivity index (χ1) is 11.9. The third-order valence-electron chi connectivity index (χ3n) is 5.62. The van der Waals surface area contributed by atoms with Crippen molar-refractivity contribution in [2.24, 2.45) is 0 Å². The average Bonchev–Trinajstić information content (AvgIpc) is 2.96. The third kappa shape index (κ3) is 2.11. The van der Waals surface area contributed by atoms with Crippen molar-refractivity contribution in [3.8, 4) is 11.1 Å².